The summed E-state index contributed by atoms with van der Waals surface area (Å²) in [5.74, 6) is 0.901. The second kappa shape index (κ2) is 3.23. The molecular formula is C13H9BrN2O. The van der Waals surface area contributed by atoms with Crippen molar-refractivity contribution in [3.63, 3.8) is 0 Å². The SMILES string of the molecule is Brc1ccc2[nH]c3c(c2c1)CCc1cnoc1-3. The number of aryl methyl sites for hydroxylation is 2. The van der Waals surface area contributed by atoms with Crippen LogP contribution in [0.1, 0.15) is 11.1 Å². The molecule has 84 valence electrons. The van der Waals surface area contributed by atoms with Crippen LogP contribution in [0.5, 0.6) is 0 Å². The predicted molar refractivity (Wildman–Crippen MR) is 68.9 cm³/mol. The molecule has 0 saturated heterocycles. The molecule has 0 saturated carbocycles. The molecule has 0 aliphatic heterocycles. The zero-order valence-electron chi connectivity index (χ0n) is 8.96. The Morgan fingerprint density at radius 2 is 2.24 bits per heavy atom. The average molecular weight is 289 g/mol. The van der Waals surface area contributed by atoms with Crippen molar-refractivity contribution >= 4 is 26.8 Å². The first-order valence-electron chi connectivity index (χ1n) is 5.57. The van der Waals surface area contributed by atoms with E-state index in [2.05, 4.69) is 38.2 Å². The van der Waals surface area contributed by atoms with E-state index in [4.69, 9.17) is 4.52 Å². The van der Waals surface area contributed by atoms with Crippen molar-refractivity contribution in [1.82, 2.24) is 10.1 Å². The summed E-state index contributed by atoms with van der Waals surface area (Å²) in [7, 11) is 0. The lowest BCUT2D eigenvalue weighted by molar-refractivity contribution is 0.429. The highest BCUT2D eigenvalue weighted by Crippen LogP contribution is 2.37. The third kappa shape index (κ3) is 1.24. The number of fused-ring (bicyclic) bond motifs is 5. The number of aromatic nitrogens is 2. The van der Waals surface area contributed by atoms with Crippen LogP contribution >= 0.6 is 15.9 Å². The van der Waals surface area contributed by atoms with E-state index in [1.165, 1.54) is 16.5 Å². The molecular weight excluding hydrogens is 280 g/mol. The lowest BCUT2D eigenvalue weighted by Gasteiger charge is -2.09. The van der Waals surface area contributed by atoms with E-state index in [9.17, 15) is 0 Å². The standard InChI is InChI=1S/C13H9BrN2O/c14-8-2-4-11-10(5-8)9-3-1-7-6-15-17-13(7)12(9)16-11/h2,4-6,16H,1,3H2. The maximum Gasteiger partial charge on any atom is 0.186 e. The van der Waals surface area contributed by atoms with E-state index < -0.39 is 0 Å². The van der Waals surface area contributed by atoms with Gasteiger partial charge >= 0.3 is 0 Å². The zero-order chi connectivity index (χ0) is 11.4. The Labute approximate surface area is 106 Å². The van der Waals surface area contributed by atoms with Gasteiger partial charge in [0, 0.05) is 20.9 Å². The quantitative estimate of drug-likeness (QED) is 0.686. The molecule has 1 aliphatic carbocycles. The van der Waals surface area contributed by atoms with Gasteiger partial charge in [0.1, 0.15) is 0 Å². The Kier molecular flexibility index (Phi) is 1.80. The fourth-order valence-corrected chi connectivity index (χ4v) is 2.94. The van der Waals surface area contributed by atoms with Crippen LogP contribution in [-0.2, 0) is 12.8 Å². The smallest absolute Gasteiger partial charge is 0.186 e. The number of benzene rings is 1. The van der Waals surface area contributed by atoms with Crippen molar-refractivity contribution in [2.45, 2.75) is 12.8 Å². The van der Waals surface area contributed by atoms with Gasteiger partial charge in [-0.1, -0.05) is 21.1 Å². The molecule has 0 bridgehead atoms. The molecule has 17 heavy (non-hydrogen) atoms. The maximum atomic E-state index is 5.35. The lowest BCUT2D eigenvalue weighted by Crippen LogP contribution is -1.99. The number of aromatic amines is 1. The van der Waals surface area contributed by atoms with E-state index in [1.807, 2.05) is 12.3 Å². The highest BCUT2D eigenvalue weighted by Gasteiger charge is 2.23. The number of nitrogens with one attached hydrogen (secondary N) is 1. The lowest BCUT2D eigenvalue weighted by atomic mass is 9.95. The summed E-state index contributed by atoms with van der Waals surface area (Å²) in [4.78, 5) is 3.43. The van der Waals surface area contributed by atoms with Crippen molar-refractivity contribution in [3.05, 3.63) is 40.0 Å². The van der Waals surface area contributed by atoms with Crippen LogP contribution < -0.4 is 0 Å². The molecule has 4 heteroatoms. The zero-order valence-corrected chi connectivity index (χ0v) is 10.5. The number of nitrogens with zero attached hydrogens (tertiary/aromatic N) is 1. The third-order valence-corrected chi connectivity index (χ3v) is 3.88. The summed E-state index contributed by atoms with van der Waals surface area (Å²) >= 11 is 3.52. The van der Waals surface area contributed by atoms with Gasteiger partial charge < -0.3 is 9.51 Å². The van der Waals surface area contributed by atoms with Gasteiger partial charge in [0.2, 0.25) is 0 Å². The summed E-state index contributed by atoms with van der Waals surface area (Å²) < 4.78 is 6.46. The second-order valence-corrected chi connectivity index (χ2v) is 5.26. The van der Waals surface area contributed by atoms with Crippen LogP contribution in [0.2, 0.25) is 0 Å². The van der Waals surface area contributed by atoms with E-state index >= 15 is 0 Å². The predicted octanol–water partition coefficient (Wildman–Crippen LogP) is 3.68. The first-order chi connectivity index (χ1) is 8.33. The van der Waals surface area contributed by atoms with Gasteiger partial charge in [-0.15, -0.1) is 0 Å². The van der Waals surface area contributed by atoms with Crippen molar-refractivity contribution < 1.29 is 4.52 Å². The molecule has 0 fully saturated rings. The van der Waals surface area contributed by atoms with Gasteiger partial charge in [-0.2, -0.15) is 0 Å². The number of hydrogen-bond acceptors (Lipinski definition) is 2. The number of rotatable bonds is 0. The fourth-order valence-electron chi connectivity index (χ4n) is 2.58. The van der Waals surface area contributed by atoms with E-state index in [-0.39, 0.29) is 0 Å². The number of hydrogen-bond donors (Lipinski definition) is 1. The Hall–Kier alpha value is -1.55. The molecule has 1 aliphatic rings. The monoisotopic (exact) mass is 288 g/mol. The Morgan fingerprint density at radius 1 is 1.29 bits per heavy atom. The molecule has 1 N–H and O–H groups in total. The maximum absolute atomic E-state index is 5.35. The minimum atomic E-state index is 0.901. The molecule has 4 rings (SSSR count). The molecule has 2 aromatic heterocycles. The molecule has 0 radical (unpaired) electrons. The van der Waals surface area contributed by atoms with Crippen molar-refractivity contribution in [3.8, 4) is 11.5 Å². The van der Waals surface area contributed by atoms with Crippen LogP contribution in [0.25, 0.3) is 22.4 Å². The van der Waals surface area contributed by atoms with Gasteiger partial charge in [0.15, 0.2) is 5.76 Å². The van der Waals surface area contributed by atoms with Gasteiger partial charge in [-0.05, 0) is 36.6 Å². The summed E-state index contributed by atoms with van der Waals surface area (Å²) in [6.07, 6.45) is 3.87. The molecule has 0 amide bonds. The van der Waals surface area contributed by atoms with Crippen molar-refractivity contribution in [2.24, 2.45) is 0 Å². The normalized spacial score (nSPS) is 13.7. The van der Waals surface area contributed by atoms with Crippen LogP contribution in [-0.4, -0.2) is 10.1 Å². The molecule has 3 nitrogen and oxygen atoms in total. The minimum Gasteiger partial charge on any atom is -0.354 e. The highest BCUT2D eigenvalue weighted by molar-refractivity contribution is 9.10. The van der Waals surface area contributed by atoms with E-state index in [0.29, 0.717) is 0 Å². The second-order valence-electron chi connectivity index (χ2n) is 4.35. The first-order valence-corrected chi connectivity index (χ1v) is 6.36. The summed E-state index contributed by atoms with van der Waals surface area (Å²) in [6.45, 7) is 0. The molecule has 0 spiro atoms. The Bertz CT molecular complexity index is 726. The topological polar surface area (TPSA) is 41.8 Å². The molecule has 1 aromatic carbocycles. The molecule has 0 atom stereocenters. The summed E-state index contributed by atoms with van der Waals surface area (Å²) in [5.41, 5.74) is 4.79. The Balaban J connectivity index is 2.10. The average Bonchev–Trinajstić information content (AvgIpc) is 2.91. The van der Waals surface area contributed by atoms with Gasteiger partial charge in [-0.25, -0.2) is 0 Å². The first kappa shape index (κ1) is 9.48. The molecule has 0 unspecified atom stereocenters. The third-order valence-electron chi connectivity index (χ3n) is 3.38. The van der Waals surface area contributed by atoms with Gasteiger partial charge in [0.25, 0.3) is 0 Å². The number of halogens is 1. The minimum absolute atomic E-state index is 0.901. The van der Waals surface area contributed by atoms with Crippen LogP contribution in [0.3, 0.4) is 0 Å². The van der Waals surface area contributed by atoms with E-state index in [1.54, 1.807) is 0 Å². The van der Waals surface area contributed by atoms with Crippen molar-refractivity contribution in [2.75, 3.05) is 0 Å². The van der Waals surface area contributed by atoms with Crippen LogP contribution in [0.15, 0.2) is 33.4 Å². The number of H-pyrrole nitrogens is 1. The molecule has 2 heterocycles. The van der Waals surface area contributed by atoms with E-state index in [0.717, 1.165) is 34.3 Å². The largest absolute Gasteiger partial charge is 0.354 e. The fraction of sp³-hybridized carbons (Fsp3) is 0.154. The van der Waals surface area contributed by atoms with Crippen LogP contribution in [0, 0.1) is 0 Å². The summed E-state index contributed by atoms with van der Waals surface area (Å²) in [5, 5.41) is 5.16. The van der Waals surface area contributed by atoms with Gasteiger partial charge in [-0.3, -0.25) is 0 Å². The van der Waals surface area contributed by atoms with Crippen molar-refractivity contribution in [1.29, 1.82) is 0 Å². The Morgan fingerprint density at radius 3 is 3.18 bits per heavy atom. The highest BCUT2D eigenvalue weighted by atomic mass is 79.9. The summed E-state index contributed by atoms with van der Waals surface area (Å²) in [6, 6.07) is 6.30. The van der Waals surface area contributed by atoms with Gasteiger partial charge in [0.05, 0.1) is 11.9 Å². The molecule has 3 aromatic rings. The van der Waals surface area contributed by atoms with Crippen LogP contribution in [0.4, 0.5) is 0 Å².